The summed E-state index contributed by atoms with van der Waals surface area (Å²) < 4.78 is 39.4. The third-order valence-corrected chi connectivity index (χ3v) is 5.17. The van der Waals surface area contributed by atoms with Gasteiger partial charge in [0.05, 0.1) is 11.3 Å². The standard InChI is InChI=1S/C22H20F3N5O2/c23-22(24,25)16-3-1-2-4-17(16)29-15-7-5-14(6-8-15)13-28-20(32)21(9-10-21)30-19(31)18-26-11-12-27-18/h1-8,11-12,29H,9-10,13H2,(H,26,27)(H,28,32)(H,30,31). The van der Waals surface area contributed by atoms with Gasteiger partial charge in [-0.2, -0.15) is 13.2 Å². The zero-order chi connectivity index (χ0) is 22.8. The van der Waals surface area contributed by atoms with Crippen molar-refractivity contribution in [2.45, 2.75) is 31.1 Å². The first-order valence-corrected chi connectivity index (χ1v) is 9.89. The summed E-state index contributed by atoms with van der Waals surface area (Å²) >= 11 is 0. The van der Waals surface area contributed by atoms with Gasteiger partial charge in [-0.05, 0) is 42.7 Å². The van der Waals surface area contributed by atoms with E-state index in [0.29, 0.717) is 18.5 Å². The molecule has 0 atom stereocenters. The van der Waals surface area contributed by atoms with E-state index in [-0.39, 0.29) is 24.0 Å². The number of imidazole rings is 1. The van der Waals surface area contributed by atoms with Crippen LogP contribution in [0.1, 0.15) is 34.6 Å². The molecule has 0 radical (unpaired) electrons. The van der Waals surface area contributed by atoms with Crippen molar-refractivity contribution in [1.29, 1.82) is 0 Å². The van der Waals surface area contributed by atoms with Crippen LogP contribution in [0.2, 0.25) is 0 Å². The molecule has 4 N–H and O–H groups in total. The van der Waals surface area contributed by atoms with Crippen LogP contribution in [0.5, 0.6) is 0 Å². The van der Waals surface area contributed by atoms with Gasteiger partial charge in [0.2, 0.25) is 5.91 Å². The van der Waals surface area contributed by atoms with Crippen LogP contribution in [0.25, 0.3) is 0 Å². The summed E-state index contributed by atoms with van der Waals surface area (Å²) in [5.74, 6) is -0.602. The summed E-state index contributed by atoms with van der Waals surface area (Å²) in [4.78, 5) is 31.3. The number of hydrogen-bond donors (Lipinski definition) is 4. The third kappa shape index (κ3) is 4.74. The fourth-order valence-electron chi connectivity index (χ4n) is 3.25. The van der Waals surface area contributed by atoms with Gasteiger partial charge in [0.15, 0.2) is 5.82 Å². The van der Waals surface area contributed by atoms with E-state index in [1.54, 1.807) is 24.3 Å². The number of halogens is 3. The number of nitrogens with zero attached hydrogens (tertiary/aromatic N) is 1. The molecule has 1 aromatic heterocycles. The molecule has 166 valence electrons. The minimum atomic E-state index is -4.46. The van der Waals surface area contributed by atoms with Crippen LogP contribution in [-0.4, -0.2) is 27.3 Å². The quantitative estimate of drug-likeness (QED) is 0.447. The first kappa shape index (κ1) is 21.4. The van der Waals surface area contributed by atoms with Crippen LogP contribution in [0, 0.1) is 0 Å². The molecule has 3 aromatic rings. The van der Waals surface area contributed by atoms with Crippen molar-refractivity contribution >= 4 is 23.2 Å². The average molecular weight is 443 g/mol. The Bertz CT molecular complexity index is 1110. The van der Waals surface area contributed by atoms with Gasteiger partial charge in [0.25, 0.3) is 5.91 Å². The molecule has 0 spiro atoms. The highest BCUT2D eigenvalue weighted by atomic mass is 19.4. The fourth-order valence-corrected chi connectivity index (χ4v) is 3.25. The second kappa shape index (κ2) is 8.37. The number of aromatic nitrogens is 2. The Kier molecular flexibility index (Phi) is 5.60. The monoisotopic (exact) mass is 443 g/mol. The number of aromatic amines is 1. The predicted octanol–water partition coefficient (Wildman–Crippen LogP) is 3.75. The molecule has 0 saturated heterocycles. The first-order chi connectivity index (χ1) is 15.3. The average Bonchev–Trinajstić information content (AvgIpc) is 3.33. The molecule has 10 heteroatoms. The summed E-state index contributed by atoms with van der Waals surface area (Å²) in [5, 5.41) is 8.29. The summed E-state index contributed by atoms with van der Waals surface area (Å²) in [6.07, 6.45) is -0.415. The SMILES string of the molecule is O=C(NC1(C(=O)NCc2ccc(Nc3ccccc3C(F)(F)F)cc2)CC1)c1ncc[nH]1. The maximum Gasteiger partial charge on any atom is 0.418 e. The number of carbonyl (C=O) groups is 2. The van der Waals surface area contributed by atoms with Crippen LogP contribution in [-0.2, 0) is 17.5 Å². The van der Waals surface area contributed by atoms with E-state index in [1.807, 2.05) is 0 Å². The van der Waals surface area contributed by atoms with Crippen molar-refractivity contribution < 1.29 is 22.8 Å². The second-order valence-corrected chi connectivity index (χ2v) is 7.52. The normalized spacial score (nSPS) is 14.5. The van der Waals surface area contributed by atoms with E-state index >= 15 is 0 Å². The molecule has 1 fully saturated rings. The maximum atomic E-state index is 13.1. The van der Waals surface area contributed by atoms with E-state index in [1.165, 1.54) is 30.6 Å². The van der Waals surface area contributed by atoms with Crippen molar-refractivity contribution in [2.75, 3.05) is 5.32 Å². The zero-order valence-electron chi connectivity index (χ0n) is 16.8. The molecule has 32 heavy (non-hydrogen) atoms. The smallest absolute Gasteiger partial charge is 0.355 e. The van der Waals surface area contributed by atoms with Gasteiger partial charge in [-0.25, -0.2) is 4.98 Å². The van der Waals surface area contributed by atoms with Crippen molar-refractivity contribution in [3.63, 3.8) is 0 Å². The maximum absolute atomic E-state index is 13.1. The van der Waals surface area contributed by atoms with E-state index in [9.17, 15) is 22.8 Å². The number of carbonyl (C=O) groups excluding carboxylic acids is 2. The number of anilines is 2. The summed E-state index contributed by atoms with van der Waals surface area (Å²) in [6.45, 7) is 0.219. The Morgan fingerprint density at radius 3 is 2.41 bits per heavy atom. The fraction of sp³-hybridized carbons (Fsp3) is 0.227. The highest BCUT2D eigenvalue weighted by Gasteiger charge is 2.51. The Morgan fingerprint density at radius 2 is 1.78 bits per heavy atom. The number of H-pyrrole nitrogens is 1. The molecule has 4 rings (SSSR count). The van der Waals surface area contributed by atoms with Gasteiger partial charge in [-0.15, -0.1) is 0 Å². The molecule has 1 heterocycles. The number of amides is 2. The molecule has 7 nitrogen and oxygen atoms in total. The molecule has 0 unspecified atom stereocenters. The summed E-state index contributed by atoms with van der Waals surface area (Å²) in [6, 6.07) is 11.9. The minimum absolute atomic E-state index is 0.0379. The van der Waals surface area contributed by atoms with Crippen molar-refractivity contribution in [1.82, 2.24) is 20.6 Å². The van der Waals surface area contributed by atoms with E-state index in [4.69, 9.17) is 0 Å². The van der Waals surface area contributed by atoms with Crippen LogP contribution in [0.15, 0.2) is 60.9 Å². The lowest BCUT2D eigenvalue weighted by atomic mass is 10.1. The number of para-hydroxylation sites is 1. The highest BCUT2D eigenvalue weighted by Crippen LogP contribution is 2.37. The van der Waals surface area contributed by atoms with Crippen molar-refractivity contribution in [2.24, 2.45) is 0 Å². The van der Waals surface area contributed by atoms with Gasteiger partial charge >= 0.3 is 6.18 Å². The van der Waals surface area contributed by atoms with E-state index in [0.717, 1.165) is 11.6 Å². The van der Waals surface area contributed by atoms with Gasteiger partial charge < -0.3 is 20.9 Å². The van der Waals surface area contributed by atoms with Crippen LogP contribution in [0.4, 0.5) is 24.5 Å². The molecule has 0 bridgehead atoms. The lowest BCUT2D eigenvalue weighted by molar-refractivity contribution is -0.137. The Morgan fingerprint density at radius 1 is 1.06 bits per heavy atom. The third-order valence-electron chi connectivity index (χ3n) is 5.17. The number of benzene rings is 2. The lowest BCUT2D eigenvalue weighted by Crippen LogP contribution is -2.49. The Labute approximate surface area is 181 Å². The lowest BCUT2D eigenvalue weighted by Gasteiger charge is -2.17. The topological polar surface area (TPSA) is 98.9 Å². The summed E-state index contributed by atoms with van der Waals surface area (Å²) in [7, 11) is 0. The zero-order valence-corrected chi connectivity index (χ0v) is 16.8. The molecule has 1 aliphatic rings. The van der Waals surface area contributed by atoms with Crippen LogP contribution in [0.3, 0.4) is 0 Å². The number of rotatable bonds is 7. The number of alkyl halides is 3. The Balaban J connectivity index is 1.34. The van der Waals surface area contributed by atoms with E-state index in [2.05, 4.69) is 25.9 Å². The number of nitrogens with one attached hydrogen (secondary N) is 4. The van der Waals surface area contributed by atoms with Gasteiger partial charge in [0, 0.05) is 24.6 Å². The molecular weight excluding hydrogens is 423 g/mol. The first-order valence-electron chi connectivity index (χ1n) is 9.89. The second-order valence-electron chi connectivity index (χ2n) is 7.52. The van der Waals surface area contributed by atoms with Crippen molar-refractivity contribution in [3.8, 4) is 0 Å². The largest absolute Gasteiger partial charge is 0.418 e. The van der Waals surface area contributed by atoms with E-state index < -0.39 is 23.2 Å². The van der Waals surface area contributed by atoms with Gasteiger partial charge in [-0.3, -0.25) is 9.59 Å². The highest BCUT2D eigenvalue weighted by molar-refractivity contribution is 5.98. The molecule has 1 aliphatic carbocycles. The molecule has 2 amide bonds. The summed E-state index contributed by atoms with van der Waals surface area (Å²) in [5.41, 5.74) is -0.471. The van der Waals surface area contributed by atoms with Crippen LogP contribution < -0.4 is 16.0 Å². The number of hydrogen-bond acceptors (Lipinski definition) is 4. The Hall–Kier alpha value is -3.82. The minimum Gasteiger partial charge on any atom is -0.355 e. The van der Waals surface area contributed by atoms with Crippen molar-refractivity contribution in [3.05, 3.63) is 77.9 Å². The van der Waals surface area contributed by atoms with Gasteiger partial charge in [-0.1, -0.05) is 24.3 Å². The van der Waals surface area contributed by atoms with Gasteiger partial charge in [0.1, 0.15) is 5.54 Å². The molecule has 1 saturated carbocycles. The molecule has 0 aliphatic heterocycles. The molecule has 2 aromatic carbocycles. The molecular formula is C22H20F3N5O2. The van der Waals surface area contributed by atoms with Crippen LogP contribution >= 0.6 is 0 Å². The predicted molar refractivity (Wildman–Crippen MR) is 111 cm³/mol.